The van der Waals surface area contributed by atoms with Crippen molar-refractivity contribution in [3.05, 3.63) is 11.7 Å². The lowest BCUT2D eigenvalue weighted by atomic mass is 10.1. The molecule has 0 saturated carbocycles. The average molecular weight is 208 g/mol. The Labute approximate surface area is 87.3 Å². The molecule has 1 heterocycles. The van der Waals surface area contributed by atoms with E-state index in [1.807, 2.05) is 6.07 Å². The lowest BCUT2D eigenvalue weighted by molar-refractivity contribution is 0.0942. The molecule has 1 aromatic rings. The number of nitriles is 1. The SMILES string of the molecule is CCNC(=O)c1noc(CC(C)C#N)n1. The van der Waals surface area contributed by atoms with E-state index >= 15 is 0 Å². The van der Waals surface area contributed by atoms with Crippen molar-refractivity contribution in [2.24, 2.45) is 5.92 Å². The molecule has 6 heteroatoms. The van der Waals surface area contributed by atoms with Crippen LogP contribution in [0.2, 0.25) is 0 Å². The van der Waals surface area contributed by atoms with E-state index in [4.69, 9.17) is 9.78 Å². The van der Waals surface area contributed by atoms with Gasteiger partial charge in [-0.05, 0) is 13.8 Å². The number of hydrogen-bond acceptors (Lipinski definition) is 5. The highest BCUT2D eigenvalue weighted by Gasteiger charge is 2.15. The van der Waals surface area contributed by atoms with Crippen LogP contribution in [0.1, 0.15) is 30.4 Å². The van der Waals surface area contributed by atoms with Gasteiger partial charge in [0.15, 0.2) is 0 Å². The summed E-state index contributed by atoms with van der Waals surface area (Å²) in [6.45, 7) is 4.06. The lowest BCUT2D eigenvalue weighted by Gasteiger charge is -1.94. The molecule has 6 nitrogen and oxygen atoms in total. The molecule has 80 valence electrons. The number of aromatic nitrogens is 2. The van der Waals surface area contributed by atoms with Crippen molar-refractivity contribution in [3.8, 4) is 6.07 Å². The van der Waals surface area contributed by atoms with Crippen LogP contribution in [0.5, 0.6) is 0 Å². The van der Waals surface area contributed by atoms with Gasteiger partial charge in [0.1, 0.15) is 0 Å². The molecular weight excluding hydrogens is 196 g/mol. The number of amides is 1. The van der Waals surface area contributed by atoms with Gasteiger partial charge in [0.25, 0.3) is 11.7 Å². The van der Waals surface area contributed by atoms with Gasteiger partial charge in [-0.3, -0.25) is 4.79 Å². The van der Waals surface area contributed by atoms with Crippen LogP contribution in [0, 0.1) is 17.2 Å². The highest BCUT2D eigenvalue weighted by molar-refractivity contribution is 5.90. The summed E-state index contributed by atoms with van der Waals surface area (Å²) < 4.78 is 4.83. The van der Waals surface area contributed by atoms with Crippen LogP contribution in [0.15, 0.2) is 4.52 Å². The van der Waals surface area contributed by atoms with E-state index in [0.29, 0.717) is 18.9 Å². The molecule has 0 aromatic carbocycles. The van der Waals surface area contributed by atoms with Gasteiger partial charge in [-0.25, -0.2) is 0 Å². The quantitative estimate of drug-likeness (QED) is 0.778. The Morgan fingerprint density at radius 2 is 2.47 bits per heavy atom. The number of carbonyl (C=O) groups is 1. The van der Waals surface area contributed by atoms with Gasteiger partial charge < -0.3 is 9.84 Å². The zero-order valence-electron chi connectivity index (χ0n) is 8.65. The minimum absolute atomic E-state index is 0.0111. The van der Waals surface area contributed by atoms with Gasteiger partial charge in [0.05, 0.1) is 12.0 Å². The normalized spacial score (nSPS) is 11.8. The summed E-state index contributed by atoms with van der Waals surface area (Å²) >= 11 is 0. The van der Waals surface area contributed by atoms with Crippen molar-refractivity contribution in [3.63, 3.8) is 0 Å². The van der Waals surface area contributed by atoms with Crippen LogP contribution in [0.3, 0.4) is 0 Å². The van der Waals surface area contributed by atoms with Crippen LogP contribution in [0.25, 0.3) is 0 Å². The van der Waals surface area contributed by atoms with Crippen LogP contribution < -0.4 is 5.32 Å². The van der Waals surface area contributed by atoms with Crippen LogP contribution >= 0.6 is 0 Å². The van der Waals surface area contributed by atoms with Crippen molar-refractivity contribution in [2.45, 2.75) is 20.3 Å². The predicted molar refractivity (Wildman–Crippen MR) is 50.8 cm³/mol. The molecule has 15 heavy (non-hydrogen) atoms. The molecule has 0 aliphatic heterocycles. The number of nitrogens with one attached hydrogen (secondary N) is 1. The van der Waals surface area contributed by atoms with Gasteiger partial charge in [0.2, 0.25) is 5.89 Å². The second-order valence-corrected chi connectivity index (χ2v) is 3.11. The number of carbonyl (C=O) groups excluding carboxylic acids is 1. The molecule has 1 rings (SSSR count). The minimum atomic E-state index is -0.364. The van der Waals surface area contributed by atoms with E-state index in [1.54, 1.807) is 13.8 Å². The molecule has 1 unspecified atom stereocenters. The van der Waals surface area contributed by atoms with Crippen LogP contribution in [-0.2, 0) is 6.42 Å². The summed E-state index contributed by atoms with van der Waals surface area (Å²) in [5.74, 6) is -0.244. The summed E-state index contributed by atoms with van der Waals surface area (Å²) in [6.07, 6.45) is 0.364. The fraction of sp³-hybridized carbons (Fsp3) is 0.556. The molecule has 0 saturated heterocycles. The first-order chi connectivity index (χ1) is 7.17. The fourth-order valence-corrected chi connectivity index (χ4v) is 0.977. The maximum absolute atomic E-state index is 11.3. The van der Waals surface area contributed by atoms with Crippen LogP contribution in [-0.4, -0.2) is 22.6 Å². The Bertz CT molecular complexity index is 380. The lowest BCUT2D eigenvalue weighted by Crippen LogP contribution is -2.23. The number of rotatable bonds is 4. The summed E-state index contributed by atoms with van der Waals surface area (Å²) in [5.41, 5.74) is 0. The number of hydrogen-bond donors (Lipinski definition) is 1. The monoisotopic (exact) mass is 208 g/mol. The van der Waals surface area contributed by atoms with E-state index in [-0.39, 0.29) is 17.6 Å². The molecule has 0 aliphatic rings. The highest BCUT2D eigenvalue weighted by atomic mass is 16.5. The molecular formula is C9H12N4O2. The Balaban J connectivity index is 2.64. The van der Waals surface area contributed by atoms with Crippen molar-refractivity contribution >= 4 is 5.91 Å². The van der Waals surface area contributed by atoms with E-state index in [0.717, 1.165) is 0 Å². The first kappa shape index (κ1) is 11.2. The van der Waals surface area contributed by atoms with Crippen molar-refractivity contribution in [1.82, 2.24) is 15.5 Å². The first-order valence-corrected chi connectivity index (χ1v) is 4.67. The third-order valence-corrected chi connectivity index (χ3v) is 1.71. The molecule has 0 aliphatic carbocycles. The first-order valence-electron chi connectivity index (χ1n) is 4.67. The number of nitrogens with zero attached hydrogens (tertiary/aromatic N) is 3. The van der Waals surface area contributed by atoms with E-state index in [1.165, 1.54) is 0 Å². The third-order valence-electron chi connectivity index (χ3n) is 1.71. The molecule has 1 amide bonds. The Kier molecular flexibility index (Phi) is 3.80. The van der Waals surface area contributed by atoms with Gasteiger partial charge in [-0.1, -0.05) is 5.16 Å². The van der Waals surface area contributed by atoms with Crippen molar-refractivity contribution < 1.29 is 9.32 Å². The second-order valence-electron chi connectivity index (χ2n) is 3.11. The topological polar surface area (TPSA) is 91.8 Å². The average Bonchev–Trinajstić information content (AvgIpc) is 2.66. The maximum atomic E-state index is 11.3. The molecule has 0 radical (unpaired) electrons. The zero-order chi connectivity index (χ0) is 11.3. The molecule has 0 spiro atoms. The summed E-state index contributed by atoms with van der Waals surface area (Å²) in [5, 5.41) is 14.6. The predicted octanol–water partition coefficient (Wildman–Crippen LogP) is 0.521. The molecule has 1 aromatic heterocycles. The van der Waals surface area contributed by atoms with Crippen molar-refractivity contribution in [2.75, 3.05) is 6.54 Å². The highest BCUT2D eigenvalue weighted by Crippen LogP contribution is 2.05. The Morgan fingerprint density at radius 3 is 3.07 bits per heavy atom. The van der Waals surface area contributed by atoms with Gasteiger partial charge >= 0.3 is 0 Å². The molecule has 0 bridgehead atoms. The standard InChI is InChI=1S/C9H12N4O2/c1-3-11-9(14)8-12-7(15-13-8)4-6(2)5-10/h6H,3-4H2,1-2H3,(H,11,14). The van der Waals surface area contributed by atoms with Gasteiger partial charge in [-0.15, -0.1) is 0 Å². The van der Waals surface area contributed by atoms with Crippen LogP contribution in [0.4, 0.5) is 0 Å². The van der Waals surface area contributed by atoms with E-state index in [2.05, 4.69) is 15.5 Å². The summed E-state index contributed by atoms with van der Waals surface area (Å²) in [4.78, 5) is 15.1. The van der Waals surface area contributed by atoms with E-state index < -0.39 is 0 Å². The van der Waals surface area contributed by atoms with E-state index in [9.17, 15) is 4.79 Å². The third kappa shape index (κ3) is 3.06. The van der Waals surface area contributed by atoms with Crippen molar-refractivity contribution in [1.29, 1.82) is 5.26 Å². The summed E-state index contributed by atoms with van der Waals surface area (Å²) in [7, 11) is 0. The maximum Gasteiger partial charge on any atom is 0.292 e. The minimum Gasteiger partial charge on any atom is -0.349 e. The molecule has 1 N–H and O–H groups in total. The zero-order valence-corrected chi connectivity index (χ0v) is 8.65. The largest absolute Gasteiger partial charge is 0.349 e. The Hall–Kier alpha value is -1.90. The molecule has 0 fully saturated rings. The smallest absolute Gasteiger partial charge is 0.292 e. The van der Waals surface area contributed by atoms with Gasteiger partial charge in [0, 0.05) is 13.0 Å². The van der Waals surface area contributed by atoms with Gasteiger partial charge in [-0.2, -0.15) is 10.2 Å². The fourth-order valence-electron chi connectivity index (χ4n) is 0.977. The Morgan fingerprint density at radius 1 is 1.73 bits per heavy atom. The second kappa shape index (κ2) is 5.10. The molecule has 1 atom stereocenters. The summed E-state index contributed by atoms with van der Waals surface area (Å²) in [6, 6.07) is 2.05.